The van der Waals surface area contributed by atoms with Crippen LogP contribution in [0.1, 0.15) is 27.7 Å². The first-order chi connectivity index (χ1) is 9.96. The standard InChI is InChI=1S/C15H28O6Si/c1-14(2)18-10-9(8-16-22(5,6)7)17-13-12(11(10)19-14)20-15(3,4)21-13/h9-13H,8H2,1-7H3/t9?,10-,11-,12?,13+/m0/s1. The van der Waals surface area contributed by atoms with Crippen LogP contribution in [0.2, 0.25) is 19.6 Å². The van der Waals surface area contributed by atoms with Gasteiger partial charge in [-0.3, -0.25) is 0 Å². The number of ether oxygens (including phenoxy) is 5. The van der Waals surface area contributed by atoms with Crippen molar-refractivity contribution in [2.24, 2.45) is 0 Å². The molecular weight excluding hydrogens is 304 g/mol. The van der Waals surface area contributed by atoms with Crippen molar-refractivity contribution in [3.8, 4) is 0 Å². The highest BCUT2D eigenvalue weighted by Gasteiger charge is 2.60. The molecule has 0 radical (unpaired) electrons. The van der Waals surface area contributed by atoms with Crippen molar-refractivity contribution < 1.29 is 28.1 Å². The van der Waals surface area contributed by atoms with Gasteiger partial charge in [0.1, 0.15) is 24.4 Å². The molecule has 0 aromatic rings. The van der Waals surface area contributed by atoms with Crippen LogP contribution in [0.15, 0.2) is 0 Å². The van der Waals surface area contributed by atoms with Crippen molar-refractivity contribution in [2.75, 3.05) is 6.61 Å². The lowest BCUT2D eigenvalue weighted by molar-refractivity contribution is -0.239. The molecule has 3 heterocycles. The fourth-order valence-corrected chi connectivity index (χ4v) is 3.82. The lowest BCUT2D eigenvalue weighted by atomic mass is 9.99. The third-order valence-corrected chi connectivity index (χ3v) is 4.96. The minimum absolute atomic E-state index is 0.203. The second-order valence-electron chi connectivity index (χ2n) is 8.13. The van der Waals surface area contributed by atoms with E-state index in [1.807, 2.05) is 27.7 Å². The summed E-state index contributed by atoms with van der Waals surface area (Å²) in [6.45, 7) is 14.6. The summed E-state index contributed by atoms with van der Waals surface area (Å²) in [4.78, 5) is 0. The molecule has 0 aromatic carbocycles. The van der Waals surface area contributed by atoms with E-state index in [-0.39, 0.29) is 24.4 Å². The summed E-state index contributed by atoms with van der Waals surface area (Å²) in [5.41, 5.74) is 0. The molecule has 0 amide bonds. The summed E-state index contributed by atoms with van der Waals surface area (Å²) >= 11 is 0. The van der Waals surface area contributed by atoms with E-state index in [0.29, 0.717) is 6.61 Å². The molecule has 0 bridgehead atoms. The minimum atomic E-state index is -1.63. The summed E-state index contributed by atoms with van der Waals surface area (Å²) in [7, 11) is -1.63. The Kier molecular flexibility index (Phi) is 4.01. The number of hydrogen-bond acceptors (Lipinski definition) is 6. The number of rotatable bonds is 3. The predicted molar refractivity (Wildman–Crippen MR) is 81.8 cm³/mol. The van der Waals surface area contributed by atoms with Gasteiger partial charge in [0.05, 0.1) is 6.61 Å². The fraction of sp³-hybridized carbons (Fsp3) is 1.00. The molecule has 0 spiro atoms. The third-order valence-electron chi connectivity index (χ3n) is 3.93. The van der Waals surface area contributed by atoms with Gasteiger partial charge in [-0.25, -0.2) is 0 Å². The Bertz CT molecular complexity index is 432. The SMILES string of the molecule is CC1(C)OC2[C@H](OC(CO[Si](C)(C)C)[C@@H]3OC(C)(C)O[C@H]23)O1. The minimum Gasteiger partial charge on any atom is -0.415 e. The predicted octanol–water partition coefficient (Wildman–Crippen LogP) is 2.23. The van der Waals surface area contributed by atoms with E-state index in [2.05, 4.69) is 19.6 Å². The monoisotopic (exact) mass is 332 g/mol. The smallest absolute Gasteiger partial charge is 0.190 e. The van der Waals surface area contributed by atoms with Gasteiger partial charge in [0.2, 0.25) is 0 Å². The van der Waals surface area contributed by atoms with E-state index in [9.17, 15) is 0 Å². The van der Waals surface area contributed by atoms with Crippen molar-refractivity contribution in [3.05, 3.63) is 0 Å². The molecule has 128 valence electrons. The lowest BCUT2D eigenvalue weighted by Gasteiger charge is -2.38. The normalized spacial score (nSPS) is 43.0. The maximum Gasteiger partial charge on any atom is 0.190 e. The van der Waals surface area contributed by atoms with Crippen molar-refractivity contribution >= 4 is 8.32 Å². The van der Waals surface area contributed by atoms with E-state index in [1.165, 1.54) is 0 Å². The summed E-state index contributed by atoms with van der Waals surface area (Å²) in [5, 5.41) is 0. The Balaban J connectivity index is 1.78. The first kappa shape index (κ1) is 16.8. The second-order valence-corrected chi connectivity index (χ2v) is 12.6. The number of fused-ring (bicyclic) bond motifs is 3. The zero-order valence-corrected chi connectivity index (χ0v) is 15.5. The van der Waals surface area contributed by atoms with Crippen molar-refractivity contribution in [1.29, 1.82) is 0 Å². The summed E-state index contributed by atoms with van der Waals surface area (Å²) in [6, 6.07) is 0. The van der Waals surface area contributed by atoms with Gasteiger partial charge >= 0.3 is 0 Å². The molecule has 6 nitrogen and oxygen atoms in total. The van der Waals surface area contributed by atoms with Crippen molar-refractivity contribution in [1.82, 2.24) is 0 Å². The van der Waals surface area contributed by atoms with Crippen LogP contribution in [0.4, 0.5) is 0 Å². The molecule has 3 fully saturated rings. The van der Waals surface area contributed by atoms with Crippen LogP contribution in [0.5, 0.6) is 0 Å². The molecule has 0 N–H and O–H groups in total. The number of hydrogen-bond donors (Lipinski definition) is 0. The molecule has 0 saturated carbocycles. The summed E-state index contributed by atoms with van der Waals surface area (Å²) < 4.78 is 36.1. The van der Waals surface area contributed by atoms with Gasteiger partial charge < -0.3 is 28.1 Å². The fourth-order valence-electron chi connectivity index (χ4n) is 3.16. The van der Waals surface area contributed by atoms with Crippen LogP contribution in [-0.2, 0) is 28.1 Å². The van der Waals surface area contributed by atoms with Gasteiger partial charge in [-0.2, -0.15) is 0 Å². The molecule has 0 aromatic heterocycles. The van der Waals surface area contributed by atoms with Gasteiger partial charge in [0.25, 0.3) is 0 Å². The molecule has 3 rings (SSSR count). The zero-order chi connectivity index (χ0) is 16.3. The van der Waals surface area contributed by atoms with Crippen LogP contribution < -0.4 is 0 Å². The Morgan fingerprint density at radius 1 is 0.818 bits per heavy atom. The Morgan fingerprint density at radius 3 is 2.00 bits per heavy atom. The highest BCUT2D eigenvalue weighted by atomic mass is 28.4. The van der Waals surface area contributed by atoms with Gasteiger partial charge in [-0.15, -0.1) is 0 Å². The van der Waals surface area contributed by atoms with E-state index < -0.39 is 26.2 Å². The quantitative estimate of drug-likeness (QED) is 0.739. The maximum absolute atomic E-state index is 6.09. The lowest BCUT2D eigenvalue weighted by Crippen LogP contribution is -2.56. The Morgan fingerprint density at radius 2 is 1.36 bits per heavy atom. The maximum atomic E-state index is 6.09. The van der Waals surface area contributed by atoms with Crippen LogP contribution >= 0.6 is 0 Å². The largest absolute Gasteiger partial charge is 0.415 e. The molecule has 3 saturated heterocycles. The Hall–Kier alpha value is -0.0231. The molecule has 7 heteroatoms. The van der Waals surface area contributed by atoms with Crippen LogP contribution in [0.25, 0.3) is 0 Å². The topological polar surface area (TPSA) is 55.4 Å². The second kappa shape index (κ2) is 5.24. The molecule has 2 unspecified atom stereocenters. The summed E-state index contributed by atoms with van der Waals surface area (Å²) in [5.74, 6) is -1.33. The van der Waals surface area contributed by atoms with E-state index >= 15 is 0 Å². The first-order valence-corrected chi connectivity index (χ1v) is 11.4. The Labute approximate surface area is 133 Å². The summed E-state index contributed by atoms with van der Waals surface area (Å²) in [6.07, 6.45) is -1.33. The van der Waals surface area contributed by atoms with Crippen molar-refractivity contribution in [2.45, 2.75) is 89.6 Å². The average Bonchev–Trinajstić information content (AvgIpc) is 2.79. The van der Waals surface area contributed by atoms with Gasteiger partial charge in [0.15, 0.2) is 26.2 Å². The first-order valence-electron chi connectivity index (χ1n) is 7.97. The highest BCUT2D eigenvalue weighted by Crippen LogP contribution is 2.44. The highest BCUT2D eigenvalue weighted by molar-refractivity contribution is 6.69. The average molecular weight is 332 g/mol. The zero-order valence-electron chi connectivity index (χ0n) is 14.5. The van der Waals surface area contributed by atoms with Crippen LogP contribution in [-0.4, -0.2) is 57.2 Å². The molecule has 3 aliphatic rings. The van der Waals surface area contributed by atoms with Gasteiger partial charge in [-0.1, -0.05) is 0 Å². The van der Waals surface area contributed by atoms with E-state index in [0.717, 1.165) is 0 Å². The van der Waals surface area contributed by atoms with Crippen LogP contribution in [0.3, 0.4) is 0 Å². The van der Waals surface area contributed by atoms with E-state index in [4.69, 9.17) is 28.1 Å². The van der Waals surface area contributed by atoms with Crippen molar-refractivity contribution in [3.63, 3.8) is 0 Å². The van der Waals surface area contributed by atoms with Gasteiger partial charge in [-0.05, 0) is 47.3 Å². The molecule has 0 aliphatic carbocycles. The molecule has 5 atom stereocenters. The molecule has 3 aliphatic heterocycles. The van der Waals surface area contributed by atoms with E-state index in [1.54, 1.807) is 0 Å². The third kappa shape index (κ3) is 3.40. The van der Waals surface area contributed by atoms with Gasteiger partial charge in [0, 0.05) is 0 Å². The molecular formula is C15H28O6Si. The van der Waals surface area contributed by atoms with Crippen LogP contribution in [0, 0.1) is 0 Å². The molecule has 22 heavy (non-hydrogen) atoms.